The van der Waals surface area contributed by atoms with Crippen LogP contribution in [0.25, 0.3) is 0 Å². The van der Waals surface area contributed by atoms with Crippen molar-refractivity contribution in [2.24, 2.45) is 5.41 Å². The maximum absolute atomic E-state index is 13.6. The van der Waals surface area contributed by atoms with E-state index in [1.807, 2.05) is 12.1 Å². The predicted molar refractivity (Wildman–Crippen MR) is 75.7 cm³/mol. The molecule has 1 unspecified atom stereocenters. The summed E-state index contributed by atoms with van der Waals surface area (Å²) in [4.78, 5) is 0. The molecule has 2 nitrogen and oxygen atoms in total. The van der Waals surface area contributed by atoms with E-state index in [1.165, 1.54) is 6.07 Å². The molecule has 1 aromatic carbocycles. The molecule has 0 spiro atoms. The monoisotopic (exact) mass is 265 g/mol. The van der Waals surface area contributed by atoms with Crippen LogP contribution in [-0.2, 0) is 11.2 Å². The van der Waals surface area contributed by atoms with E-state index >= 15 is 0 Å². The van der Waals surface area contributed by atoms with Gasteiger partial charge in [0.1, 0.15) is 5.82 Å². The molecule has 19 heavy (non-hydrogen) atoms. The van der Waals surface area contributed by atoms with Crippen molar-refractivity contribution in [1.82, 2.24) is 5.32 Å². The molecule has 1 aliphatic rings. The van der Waals surface area contributed by atoms with Gasteiger partial charge in [0.15, 0.2) is 0 Å². The van der Waals surface area contributed by atoms with E-state index in [-0.39, 0.29) is 11.9 Å². The average molecular weight is 265 g/mol. The molecule has 1 saturated heterocycles. The van der Waals surface area contributed by atoms with Gasteiger partial charge in [-0.15, -0.1) is 0 Å². The number of ether oxygens (including phenoxy) is 1. The van der Waals surface area contributed by atoms with E-state index < -0.39 is 0 Å². The Kier molecular flexibility index (Phi) is 4.94. The smallest absolute Gasteiger partial charge is 0.126 e. The van der Waals surface area contributed by atoms with Gasteiger partial charge in [-0.1, -0.05) is 25.1 Å². The van der Waals surface area contributed by atoms with Gasteiger partial charge in [0.2, 0.25) is 0 Å². The van der Waals surface area contributed by atoms with E-state index in [2.05, 4.69) is 19.2 Å². The molecule has 1 N–H and O–H groups in total. The summed E-state index contributed by atoms with van der Waals surface area (Å²) in [6.45, 7) is 7.12. The first-order chi connectivity index (χ1) is 9.09. The summed E-state index contributed by atoms with van der Waals surface area (Å²) in [7, 11) is 0. The highest BCUT2D eigenvalue weighted by atomic mass is 19.1. The third kappa shape index (κ3) is 4.29. The number of benzene rings is 1. The van der Waals surface area contributed by atoms with Gasteiger partial charge in [-0.25, -0.2) is 4.39 Å². The fourth-order valence-electron chi connectivity index (χ4n) is 2.53. The summed E-state index contributed by atoms with van der Waals surface area (Å²) in [6, 6.07) is 7.31. The van der Waals surface area contributed by atoms with E-state index in [4.69, 9.17) is 4.74 Å². The van der Waals surface area contributed by atoms with Crippen LogP contribution < -0.4 is 5.32 Å². The summed E-state index contributed by atoms with van der Waals surface area (Å²) in [5.41, 5.74) is 1.11. The van der Waals surface area contributed by atoms with Gasteiger partial charge in [-0.3, -0.25) is 0 Å². The first-order valence-electron chi connectivity index (χ1n) is 7.14. The zero-order chi connectivity index (χ0) is 13.7. The van der Waals surface area contributed by atoms with E-state index in [1.54, 1.807) is 6.07 Å². The van der Waals surface area contributed by atoms with Crippen molar-refractivity contribution < 1.29 is 9.13 Å². The lowest BCUT2D eigenvalue weighted by Crippen LogP contribution is -2.41. The molecular weight excluding hydrogens is 241 g/mol. The summed E-state index contributed by atoms with van der Waals surface area (Å²) in [6.07, 6.45) is 2.94. The number of halogens is 1. The van der Waals surface area contributed by atoms with Gasteiger partial charge >= 0.3 is 0 Å². The standard InChI is InChI=1S/C16H24FNO/c1-13(11-14-5-3-4-6-15(14)17)18-12-16(2)7-9-19-10-8-16/h3-6,13,18H,7-12H2,1-2H3. The Bertz CT molecular complexity index is 401. The minimum absolute atomic E-state index is 0.103. The summed E-state index contributed by atoms with van der Waals surface area (Å²) < 4.78 is 19.0. The Labute approximate surface area is 115 Å². The third-order valence-electron chi connectivity index (χ3n) is 4.06. The van der Waals surface area contributed by atoms with Crippen LogP contribution in [0.15, 0.2) is 24.3 Å². The zero-order valence-corrected chi connectivity index (χ0v) is 11.9. The second kappa shape index (κ2) is 6.49. The van der Waals surface area contributed by atoms with E-state index in [0.29, 0.717) is 5.41 Å². The van der Waals surface area contributed by atoms with E-state index in [0.717, 1.165) is 44.6 Å². The molecule has 106 valence electrons. The van der Waals surface area contributed by atoms with Crippen molar-refractivity contribution in [1.29, 1.82) is 0 Å². The minimum atomic E-state index is -0.103. The maximum Gasteiger partial charge on any atom is 0.126 e. The number of rotatable bonds is 5. The van der Waals surface area contributed by atoms with Gasteiger partial charge in [-0.05, 0) is 43.2 Å². The van der Waals surface area contributed by atoms with Gasteiger partial charge in [0.05, 0.1) is 0 Å². The Morgan fingerprint density at radius 3 is 2.68 bits per heavy atom. The molecule has 0 bridgehead atoms. The summed E-state index contributed by atoms with van der Waals surface area (Å²) in [5, 5.41) is 3.55. The van der Waals surface area contributed by atoms with Gasteiger partial charge in [-0.2, -0.15) is 0 Å². The SMILES string of the molecule is CC(Cc1ccccc1F)NCC1(C)CCOCC1. The van der Waals surface area contributed by atoms with Crippen LogP contribution in [0.1, 0.15) is 32.3 Å². The second-order valence-electron chi connectivity index (χ2n) is 6.00. The average Bonchev–Trinajstić information content (AvgIpc) is 2.40. The Morgan fingerprint density at radius 2 is 2.00 bits per heavy atom. The van der Waals surface area contributed by atoms with Gasteiger partial charge in [0.25, 0.3) is 0 Å². The molecule has 0 saturated carbocycles. The van der Waals surface area contributed by atoms with Crippen molar-refractivity contribution in [2.45, 2.75) is 39.2 Å². The molecule has 0 amide bonds. The molecule has 0 aromatic heterocycles. The molecule has 1 heterocycles. The minimum Gasteiger partial charge on any atom is -0.381 e. The van der Waals surface area contributed by atoms with Crippen molar-refractivity contribution in [2.75, 3.05) is 19.8 Å². The molecular formula is C16H24FNO. The lowest BCUT2D eigenvalue weighted by Gasteiger charge is -2.34. The predicted octanol–water partition coefficient (Wildman–Crippen LogP) is 3.16. The van der Waals surface area contributed by atoms with Crippen LogP contribution >= 0.6 is 0 Å². The van der Waals surface area contributed by atoms with Crippen molar-refractivity contribution in [3.05, 3.63) is 35.6 Å². The van der Waals surface area contributed by atoms with Gasteiger partial charge in [0, 0.05) is 25.8 Å². The Balaban J connectivity index is 1.81. The fourth-order valence-corrected chi connectivity index (χ4v) is 2.53. The van der Waals surface area contributed by atoms with Crippen molar-refractivity contribution in [3.8, 4) is 0 Å². The largest absolute Gasteiger partial charge is 0.381 e. The maximum atomic E-state index is 13.6. The number of hydrogen-bond acceptors (Lipinski definition) is 2. The number of nitrogens with one attached hydrogen (secondary N) is 1. The lowest BCUT2D eigenvalue weighted by molar-refractivity contribution is 0.0231. The first kappa shape index (κ1) is 14.5. The molecule has 1 fully saturated rings. The van der Waals surface area contributed by atoms with Crippen LogP contribution in [0, 0.1) is 11.2 Å². The molecule has 3 heteroatoms. The fraction of sp³-hybridized carbons (Fsp3) is 0.625. The lowest BCUT2D eigenvalue weighted by atomic mass is 9.82. The van der Waals surface area contributed by atoms with Crippen molar-refractivity contribution >= 4 is 0 Å². The molecule has 1 aromatic rings. The quantitative estimate of drug-likeness (QED) is 0.883. The zero-order valence-electron chi connectivity index (χ0n) is 11.9. The first-order valence-corrected chi connectivity index (χ1v) is 7.14. The molecule has 2 rings (SSSR count). The highest BCUT2D eigenvalue weighted by Crippen LogP contribution is 2.28. The van der Waals surface area contributed by atoms with Gasteiger partial charge < -0.3 is 10.1 Å². The van der Waals surface area contributed by atoms with Crippen LogP contribution in [0.5, 0.6) is 0 Å². The van der Waals surface area contributed by atoms with E-state index in [9.17, 15) is 4.39 Å². The van der Waals surface area contributed by atoms with Crippen LogP contribution in [-0.4, -0.2) is 25.8 Å². The van der Waals surface area contributed by atoms with Crippen molar-refractivity contribution in [3.63, 3.8) is 0 Å². The summed E-state index contributed by atoms with van der Waals surface area (Å²) >= 11 is 0. The molecule has 1 aliphatic heterocycles. The molecule has 1 atom stereocenters. The second-order valence-corrected chi connectivity index (χ2v) is 6.00. The van der Waals surface area contributed by atoms with Crippen LogP contribution in [0.3, 0.4) is 0 Å². The normalized spacial score (nSPS) is 20.2. The third-order valence-corrected chi connectivity index (χ3v) is 4.06. The Hall–Kier alpha value is -0.930. The topological polar surface area (TPSA) is 21.3 Å². The summed E-state index contributed by atoms with van der Waals surface area (Å²) in [5.74, 6) is -0.103. The van der Waals surface area contributed by atoms with Crippen LogP contribution in [0.4, 0.5) is 4.39 Å². The van der Waals surface area contributed by atoms with Crippen LogP contribution in [0.2, 0.25) is 0 Å². The Morgan fingerprint density at radius 1 is 1.32 bits per heavy atom. The molecule has 0 radical (unpaired) electrons. The number of hydrogen-bond donors (Lipinski definition) is 1. The molecule has 0 aliphatic carbocycles. The highest BCUT2D eigenvalue weighted by molar-refractivity contribution is 5.18. The highest BCUT2D eigenvalue weighted by Gasteiger charge is 2.27.